The average Bonchev–Trinajstić information content (AvgIpc) is 3.39. The van der Waals surface area contributed by atoms with Gasteiger partial charge in [-0.3, -0.25) is 4.79 Å². The molecule has 1 fully saturated rings. The molecule has 0 atom stereocenters. The van der Waals surface area contributed by atoms with Gasteiger partial charge in [0.25, 0.3) is 5.91 Å². The highest BCUT2D eigenvalue weighted by atomic mass is 16.1. The van der Waals surface area contributed by atoms with Crippen LogP contribution in [0.4, 0.5) is 5.95 Å². The molecule has 0 bridgehead atoms. The van der Waals surface area contributed by atoms with Gasteiger partial charge in [-0.2, -0.15) is 4.98 Å². The lowest BCUT2D eigenvalue weighted by atomic mass is 10.1. The molecule has 4 rings (SSSR count). The average molecular weight is 349 g/mol. The van der Waals surface area contributed by atoms with E-state index in [2.05, 4.69) is 32.4 Å². The second-order valence-electron chi connectivity index (χ2n) is 6.92. The molecule has 0 radical (unpaired) electrons. The summed E-state index contributed by atoms with van der Waals surface area (Å²) in [7, 11) is 1.96. The lowest BCUT2D eigenvalue weighted by Crippen LogP contribution is -2.28. The van der Waals surface area contributed by atoms with E-state index in [1.807, 2.05) is 36.2 Å². The Balaban J connectivity index is 1.53. The normalized spacial score (nSPS) is 13.7. The van der Waals surface area contributed by atoms with Crippen molar-refractivity contribution >= 4 is 22.9 Å². The van der Waals surface area contributed by atoms with E-state index in [0.717, 1.165) is 24.9 Å². The number of aromatic amines is 1. The summed E-state index contributed by atoms with van der Waals surface area (Å²) in [5, 5.41) is 3.77. The van der Waals surface area contributed by atoms with Crippen LogP contribution in [0.5, 0.6) is 0 Å². The van der Waals surface area contributed by atoms with Crippen LogP contribution in [-0.4, -0.2) is 41.0 Å². The third-order valence-electron chi connectivity index (χ3n) is 4.79. The lowest BCUT2D eigenvalue weighted by Gasteiger charge is -2.18. The number of benzene rings is 1. The highest BCUT2D eigenvalue weighted by Gasteiger charge is 2.23. The molecule has 1 aliphatic carbocycles. The molecule has 6 nitrogen and oxygen atoms in total. The topological polar surface area (TPSA) is 73.9 Å². The summed E-state index contributed by atoms with van der Waals surface area (Å²) in [6, 6.07) is 12.2. The number of carbonyl (C=O) groups is 1. The summed E-state index contributed by atoms with van der Waals surface area (Å²) >= 11 is 0. The van der Waals surface area contributed by atoms with Crippen LogP contribution in [0.2, 0.25) is 0 Å². The number of hydrogen-bond acceptors (Lipinski definition) is 4. The van der Waals surface area contributed by atoms with Gasteiger partial charge in [-0.15, -0.1) is 0 Å². The standard InChI is InChI=1S/C20H23N5O/c1-25(12-10-14-5-3-2-4-6-14)20-23-17(16-9-11-21-18(16)24-20)19(26)22-13-15-7-8-15/h2-6,9,11,15H,7-8,10,12-13H2,1H3,(H,22,26)(H,21,23,24). The molecule has 1 saturated carbocycles. The van der Waals surface area contributed by atoms with E-state index in [1.54, 1.807) is 6.20 Å². The third kappa shape index (κ3) is 3.69. The monoisotopic (exact) mass is 349 g/mol. The number of H-pyrrole nitrogens is 1. The van der Waals surface area contributed by atoms with Gasteiger partial charge in [-0.25, -0.2) is 4.98 Å². The Kier molecular flexibility index (Phi) is 4.56. The van der Waals surface area contributed by atoms with Crippen molar-refractivity contribution in [2.24, 2.45) is 5.92 Å². The van der Waals surface area contributed by atoms with Gasteiger partial charge in [0, 0.05) is 26.3 Å². The van der Waals surface area contributed by atoms with Crippen molar-refractivity contribution in [1.29, 1.82) is 0 Å². The number of rotatable bonds is 7. The van der Waals surface area contributed by atoms with Crippen LogP contribution in [0.25, 0.3) is 11.0 Å². The lowest BCUT2D eigenvalue weighted by molar-refractivity contribution is 0.0948. The first-order valence-corrected chi connectivity index (χ1v) is 9.09. The molecule has 6 heteroatoms. The van der Waals surface area contributed by atoms with Crippen LogP contribution in [0.15, 0.2) is 42.6 Å². The van der Waals surface area contributed by atoms with Crippen LogP contribution >= 0.6 is 0 Å². The summed E-state index contributed by atoms with van der Waals surface area (Å²) in [4.78, 5) is 26.8. The van der Waals surface area contributed by atoms with Crippen molar-refractivity contribution in [2.45, 2.75) is 19.3 Å². The summed E-state index contributed by atoms with van der Waals surface area (Å²) in [6.07, 6.45) is 5.10. The third-order valence-corrected chi connectivity index (χ3v) is 4.79. The van der Waals surface area contributed by atoms with Crippen LogP contribution in [0.1, 0.15) is 28.9 Å². The van der Waals surface area contributed by atoms with Gasteiger partial charge in [0.1, 0.15) is 11.3 Å². The van der Waals surface area contributed by atoms with Gasteiger partial charge in [-0.1, -0.05) is 30.3 Å². The molecule has 0 aliphatic heterocycles. The van der Waals surface area contributed by atoms with Gasteiger partial charge >= 0.3 is 0 Å². The number of likely N-dealkylation sites (N-methyl/N-ethyl adjacent to an activating group) is 1. The molecule has 3 aromatic rings. The first-order valence-electron chi connectivity index (χ1n) is 9.09. The number of anilines is 1. The zero-order valence-corrected chi connectivity index (χ0v) is 14.9. The highest BCUT2D eigenvalue weighted by molar-refractivity contribution is 6.04. The molecular weight excluding hydrogens is 326 g/mol. The van der Waals surface area contributed by atoms with Crippen molar-refractivity contribution in [3.8, 4) is 0 Å². The Hall–Kier alpha value is -2.89. The Bertz CT molecular complexity index is 901. The molecular formula is C20H23N5O. The number of hydrogen-bond donors (Lipinski definition) is 2. The first kappa shape index (κ1) is 16.6. The number of amides is 1. The molecule has 0 saturated heterocycles. The maximum atomic E-state index is 12.6. The van der Waals surface area contributed by atoms with E-state index in [0.29, 0.717) is 23.2 Å². The van der Waals surface area contributed by atoms with Crippen molar-refractivity contribution in [3.63, 3.8) is 0 Å². The summed E-state index contributed by atoms with van der Waals surface area (Å²) in [5.41, 5.74) is 2.40. The van der Waals surface area contributed by atoms with E-state index < -0.39 is 0 Å². The van der Waals surface area contributed by atoms with Crippen LogP contribution in [0.3, 0.4) is 0 Å². The molecule has 0 unspecified atom stereocenters. The van der Waals surface area contributed by atoms with Crippen LogP contribution in [0, 0.1) is 5.92 Å². The Morgan fingerprint density at radius 3 is 2.81 bits per heavy atom. The zero-order valence-electron chi connectivity index (χ0n) is 14.9. The van der Waals surface area contributed by atoms with Crippen molar-refractivity contribution < 1.29 is 4.79 Å². The van der Waals surface area contributed by atoms with Gasteiger partial charge in [0.05, 0.1) is 5.39 Å². The number of nitrogens with zero attached hydrogens (tertiary/aromatic N) is 3. The predicted octanol–water partition coefficient (Wildman–Crippen LogP) is 2.78. The summed E-state index contributed by atoms with van der Waals surface area (Å²) in [5.74, 6) is 1.07. The fourth-order valence-electron chi connectivity index (χ4n) is 2.96. The maximum Gasteiger partial charge on any atom is 0.270 e. The number of nitrogens with one attached hydrogen (secondary N) is 2. The molecule has 1 amide bonds. The summed E-state index contributed by atoms with van der Waals surface area (Å²) in [6.45, 7) is 1.51. The number of aromatic nitrogens is 3. The largest absolute Gasteiger partial charge is 0.350 e. The maximum absolute atomic E-state index is 12.6. The first-order chi connectivity index (χ1) is 12.7. The molecule has 0 spiro atoms. The van der Waals surface area contributed by atoms with Gasteiger partial charge in [-0.05, 0) is 36.8 Å². The van der Waals surface area contributed by atoms with Gasteiger partial charge in [0.15, 0.2) is 0 Å². The molecule has 1 aromatic carbocycles. The minimum absolute atomic E-state index is 0.124. The highest BCUT2D eigenvalue weighted by Crippen LogP contribution is 2.27. The van der Waals surface area contributed by atoms with Crippen molar-refractivity contribution in [1.82, 2.24) is 20.3 Å². The van der Waals surface area contributed by atoms with E-state index in [9.17, 15) is 4.79 Å². The predicted molar refractivity (Wildman–Crippen MR) is 102 cm³/mol. The number of fused-ring (bicyclic) bond motifs is 1. The van der Waals surface area contributed by atoms with E-state index in [4.69, 9.17) is 0 Å². The second-order valence-corrected chi connectivity index (χ2v) is 6.92. The Morgan fingerprint density at radius 1 is 1.23 bits per heavy atom. The Labute approximate surface area is 152 Å². The van der Waals surface area contributed by atoms with Gasteiger partial charge < -0.3 is 15.2 Å². The van der Waals surface area contributed by atoms with Gasteiger partial charge in [0.2, 0.25) is 5.95 Å². The number of carbonyl (C=O) groups excluding carboxylic acids is 1. The van der Waals surface area contributed by atoms with Crippen LogP contribution < -0.4 is 10.2 Å². The molecule has 26 heavy (non-hydrogen) atoms. The zero-order chi connectivity index (χ0) is 17.9. The van der Waals surface area contributed by atoms with E-state index in [1.165, 1.54) is 18.4 Å². The SMILES string of the molecule is CN(CCc1ccccc1)c1nc(C(=O)NCC2CC2)c2cc[nH]c2n1. The van der Waals surface area contributed by atoms with Crippen molar-refractivity contribution in [3.05, 3.63) is 53.9 Å². The molecule has 2 heterocycles. The van der Waals surface area contributed by atoms with E-state index in [-0.39, 0.29) is 5.91 Å². The fraction of sp³-hybridized carbons (Fsp3) is 0.350. The van der Waals surface area contributed by atoms with E-state index >= 15 is 0 Å². The van der Waals surface area contributed by atoms with Crippen LogP contribution in [-0.2, 0) is 6.42 Å². The Morgan fingerprint density at radius 2 is 2.04 bits per heavy atom. The smallest absolute Gasteiger partial charge is 0.270 e. The molecule has 2 aromatic heterocycles. The molecule has 1 aliphatic rings. The second kappa shape index (κ2) is 7.15. The minimum atomic E-state index is -0.124. The summed E-state index contributed by atoms with van der Waals surface area (Å²) < 4.78 is 0. The van der Waals surface area contributed by atoms with Crippen molar-refractivity contribution in [2.75, 3.05) is 25.0 Å². The fourth-order valence-corrected chi connectivity index (χ4v) is 2.96. The minimum Gasteiger partial charge on any atom is -0.350 e. The quantitative estimate of drug-likeness (QED) is 0.688. The molecule has 134 valence electrons. The molecule has 2 N–H and O–H groups in total.